The fraction of sp³-hybridized carbons (Fsp3) is 0.143. The Morgan fingerprint density at radius 1 is 1.24 bits per heavy atom. The van der Waals surface area contributed by atoms with E-state index in [-0.39, 0.29) is 0 Å². The van der Waals surface area contributed by atoms with Crippen molar-refractivity contribution in [2.45, 2.75) is 13.0 Å². The highest BCUT2D eigenvalue weighted by Crippen LogP contribution is 2.18. The van der Waals surface area contributed by atoms with Gasteiger partial charge in [0.1, 0.15) is 0 Å². The third-order valence-electron chi connectivity index (χ3n) is 2.85. The Morgan fingerprint density at radius 3 is 2.48 bits per heavy atom. The van der Waals surface area contributed by atoms with Crippen molar-refractivity contribution < 1.29 is 18.0 Å². The number of rotatable bonds is 3. The van der Waals surface area contributed by atoms with Crippen LogP contribution in [-0.4, -0.2) is 10.9 Å². The molecule has 0 saturated heterocycles. The first-order chi connectivity index (χ1) is 9.88. The minimum Gasteiger partial charge on any atom is -0.345 e. The van der Waals surface area contributed by atoms with E-state index in [0.717, 1.165) is 0 Å². The lowest BCUT2D eigenvalue weighted by Crippen LogP contribution is -2.28. The van der Waals surface area contributed by atoms with Crippen LogP contribution in [0.4, 0.5) is 13.2 Å². The Balaban J connectivity index is 2.20. The van der Waals surface area contributed by atoms with Crippen LogP contribution in [0.25, 0.3) is 0 Å². The number of hydrogen-bond acceptors (Lipinski definition) is 2. The summed E-state index contributed by atoms with van der Waals surface area (Å²) in [5, 5.41) is 2.97. The third kappa shape index (κ3) is 3.52. The zero-order valence-electron chi connectivity index (χ0n) is 10.8. The van der Waals surface area contributed by atoms with Crippen LogP contribution in [-0.2, 0) is 0 Å². The second-order valence-corrected chi connectivity index (χ2v) is 4.78. The van der Waals surface area contributed by atoms with Crippen molar-refractivity contribution in [3.63, 3.8) is 0 Å². The molecule has 1 heterocycles. The van der Waals surface area contributed by atoms with Crippen molar-refractivity contribution >= 4 is 17.5 Å². The van der Waals surface area contributed by atoms with Crippen molar-refractivity contribution in [3.05, 3.63) is 64.2 Å². The molecule has 21 heavy (non-hydrogen) atoms. The first-order valence-corrected chi connectivity index (χ1v) is 6.34. The van der Waals surface area contributed by atoms with Gasteiger partial charge in [-0.1, -0.05) is 23.7 Å². The smallest absolute Gasteiger partial charge is 0.255 e. The van der Waals surface area contributed by atoms with Crippen molar-refractivity contribution in [1.29, 1.82) is 0 Å². The van der Waals surface area contributed by atoms with E-state index in [2.05, 4.69) is 10.3 Å². The molecular formula is C14H10ClF3N2O. The van der Waals surface area contributed by atoms with E-state index in [1.807, 2.05) is 0 Å². The molecule has 0 radical (unpaired) electrons. The van der Waals surface area contributed by atoms with Crippen LogP contribution in [0, 0.1) is 17.7 Å². The monoisotopic (exact) mass is 314 g/mol. The van der Waals surface area contributed by atoms with E-state index in [0.29, 0.717) is 16.7 Å². The molecule has 2 aromatic rings. The van der Waals surface area contributed by atoms with E-state index < -0.39 is 35.2 Å². The maximum Gasteiger partial charge on any atom is 0.255 e. The predicted molar refractivity (Wildman–Crippen MR) is 71.4 cm³/mol. The van der Waals surface area contributed by atoms with E-state index in [9.17, 15) is 18.0 Å². The van der Waals surface area contributed by atoms with Crippen LogP contribution in [0.1, 0.15) is 28.9 Å². The second kappa shape index (κ2) is 6.13. The van der Waals surface area contributed by atoms with Gasteiger partial charge < -0.3 is 5.32 Å². The molecule has 1 atom stereocenters. The molecule has 1 unspecified atom stereocenters. The fourth-order valence-electron chi connectivity index (χ4n) is 1.74. The molecule has 1 aromatic heterocycles. The summed E-state index contributed by atoms with van der Waals surface area (Å²) in [5.41, 5.74) is -0.0241. The summed E-state index contributed by atoms with van der Waals surface area (Å²) in [5.74, 6) is -5.34. The highest BCUT2D eigenvalue weighted by atomic mass is 35.5. The number of pyridine rings is 1. The van der Waals surface area contributed by atoms with Gasteiger partial charge in [-0.25, -0.2) is 4.39 Å². The lowest BCUT2D eigenvalue weighted by Gasteiger charge is -2.14. The Hall–Kier alpha value is -2.08. The minimum atomic E-state index is -1.65. The topological polar surface area (TPSA) is 42.0 Å². The molecule has 0 saturated carbocycles. The molecule has 1 N–H and O–H groups in total. The lowest BCUT2D eigenvalue weighted by atomic mass is 10.1. The lowest BCUT2D eigenvalue weighted by molar-refractivity contribution is 0.0933. The number of nitrogens with one attached hydrogen (secondary N) is 1. The zero-order valence-corrected chi connectivity index (χ0v) is 11.6. The number of hydrogen-bond donors (Lipinski definition) is 1. The molecule has 1 amide bonds. The third-order valence-corrected chi connectivity index (χ3v) is 3.10. The summed E-state index contributed by atoms with van der Waals surface area (Å²) in [6, 6.07) is 6.67. The Bertz CT molecular complexity index is 677. The van der Waals surface area contributed by atoms with Gasteiger partial charge in [0.15, 0.2) is 5.82 Å². The first-order valence-electron chi connectivity index (χ1n) is 5.96. The fourth-order valence-corrected chi connectivity index (χ4v) is 1.87. The zero-order chi connectivity index (χ0) is 15.6. The Labute approximate surface area is 123 Å². The van der Waals surface area contributed by atoms with Crippen LogP contribution in [0.3, 0.4) is 0 Å². The number of carbonyl (C=O) groups is 1. The average Bonchev–Trinajstić information content (AvgIpc) is 2.43. The number of nitrogens with zero attached hydrogens (tertiary/aromatic N) is 1. The maximum atomic E-state index is 13.5. The molecular weight excluding hydrogens is 305 g/mol. The van der Waals surface area contributed by atoms with Gasteiger partial charge in [-0.2, -0.15) is 13.8 Å². The molecule has 2 rings (SSSR count). The summed E-state index contributed by atoms with van der Waals surface area (Å²) in [6.07, 6.45) is 0. The predicted octanol–water partition coefficient (Wildman–Crippen LogP) is 3.64. The molecule has 3 nitrogen and oxygen atoms in total. The summed E-state index contributed by atoms with van der Waals surface area (Å²) in [7, 11) is 0. The Morgan fingerprint density at radius 2 is 1.86 bits per heavy atom. The van der Waals surface area contributed by atoms with Crippen molar-refractivity contribution in [2.75, 3.05) is 0 Å². The van der Waals surface area contributed by atoms with Crippen molar-refractivity contribution in [3.8, 4) is 0 Å². The molecule has 110 valence electrons. The number of carbonyl (C=O) groups excluding carboxylic acids is 1. The van der Waals surface area contributed by atoms with E-state index in [1.165, 1.54) is 0 Å². The molecule has 0 fully saturated rings. The molecule has 0 spiro atoms. The van der Waals surface area contributed by atoms with Crippen LogP contribution in [0.5, 0.6) is 0 Å². The maximum absolute atomic E-state index is 13.5. The second-order valence-electron chi connectivity index (χ2n) is 4.34. The molecule has 1 aromatic carbocycles. The van der Waals surface area contributed by atoms with Crippen molar-refractivity contribution in [2.24, 2.45) is 0 Å². The number of benzene rings is 1. The molecule has 0 aliphatic heterocycles. The van der Waals surface area contributed by atoms with Crippen LogP contribution in [0.15, 0.2) is 30.3 Å². The van der Waals surface area contributed by atoms with Crippen LogP contribution >= 0.6 is 11.6 Å². The summed E-state index contributed by atoms with van der Waals surface area (Å²) in [4.78, 5) is 14.5. The summed E-state index contributed by atoms with van der Waals surface area (Å²) in [6.45, 7) is 1.65. The van der Waals surface area contributed by atoms with E-state index in [4.69, 9.17) is 11.6 Å². The van der Waals surface area contributed by atoms with Gasteiger partial charge in [0, 0.05) is 11.1 Å². The SMILES string of the molecule is CC(NC(=O)c1cc(F)nc(F)c1F)c1ccc(Cl)cc1. The normalized spacial score (nSPS) is 12.0. The van der Waals surface area contributed by atoms with Crippen LogP contribution in [0.2, 0.25) is 5.02 Å². The number of halogens is 4. The van der Waals surface area contributed by atoms with Crippen LogP contribution < -0.4 is 5.32 Å². The summed E-state index contributed by atoms with van der Waals surface area (Å²) < 4.78 is 39.4. The largest absolute Gasteiger partial charge is 0.345 e. The minimum absolute atomic E-state index is 0.492. The van der Waals surface area contributed by atoms with E-state index in [1.54, 1.807) is 31.2 Å². The quantitative estimate of drug-likeness (QED) is 0.879. The van der Waals surface area contributed by atoms with Gasteiger partial charge in [-0.15, -0.1) is 0 Å². The van der Waals surface area contributed by atoms with Gasteiger partial charge in [0.25, 0.3) is 11.9 Å². The van der Waals surface area contributed by atoms with Crippen molar-refractivity contribution in [1.82, 2.24) is 10.3 Å². The highest BCUT2D eigenvalue weighted by Gasteiger charge is 2.20. The van der Waals surface area contributed by atoms with Gasteiger partial charge >= 0.3 is 0 Å². The summed E-state index contributed by atoms with van der Waals surface area (Å²) >= 11 is 5.75. The highest BCUT2D eigenvalue weighted by molar-refractivity contribution is 6.30. The standard InChI is InChI=1S/C14H10ClF3N2O/c1-7(8-2-4-9(15)5-3-8)19-14(21)10-6-11(16)20-13(18)12(10)17/h2-7H,1H3,(H,19,21). The number of amides is 1. The molecule has 0 aliphatic rings. The van der Waals surface area contributed by atoms with E-state index >= 15 is 0 Å². The van der Waals surface area contributed by atoms with Gasteiger partial charge in [0.2, 0.25) is 5.95 Å². The first kappa shape index (κ1) is 15.3. The van der Waals surface area contributed by atoms with Gasteiger partial charge in [-0.05, 0) is 24.6 Å². The van der Waals surface area contributed by atoms with Gasteiger partial charge in [-0.3, -0.25) is 4.79 Å². The number of aromatic nitrogens is 1. The molecule has 7 heteroatoms. The molecule has 0 aliphatic carbocycles. The Kier molecular flexibility index (Phi) is 4.47. The van der Waals surface area contributed by atoms with Gasteiger partial charge in [0.05, 0.1) is 11.6 Å². The average molecular weight is 315 g/mol. The molecule has 0 bridgehead atoms.